The van der Waals surface area contributed by atoms with Crippen LogP contribution in [0.25, 0.3) is 22.2 Å². The van der Waals surface area contributed by atoms with E-state index in [1.54, 1.807) is 37.2 Å². The van der Waals surface area contributed by atoms with Crippen molar-refractivity contribution in [3.63, 3.8) is 0 Å². The number of nitrogens with one attached hydrogen (secondary N) is 2. The molecule has 9 heteroatoms. The van der Waals surface area contributed by atoms with E-state index in [0.29, 0.717) is 41.5 Å². The lowest BCUT2D eigenvalue weighted by atomic mass is 10.1. The highest BCUT2D eigenvalue weighted by Gasteiger charge is 2.26. The molecule has 0 unspecified atom stereocenters. The Labute approximate surface area is 220 Å². The summed E-state index contributed by atoms with van der Waals surface area (Å²) in [4.78, 5) is 21.3. The van der Waals surface area contributed by atoms with Crippen molar-refractivity contribution in [3.05, 3.63) is 67.5 Å². The molecule has 1 amide bonds. The molecule has 0 saturated heterocycles. The van der Waals surface area contributed by atoms with Crippen molar-refractivity contribution in [1.29, 1.82) is 0 Å². The Balaban J connectivity index is 1.48. The number of hydrogen-bond donors (Lipinski definition) is 2. The SMILES string of the molecule is C=CC(=O)Nc1cc(Nc2nccc(-c3cn(C4CC4)c4ccccc34)n2)c(OC)cc1OCCSC. The predicted octanol–water partition coefficient (Wildman–Crippen LogP) is 6.05. The van der Waals surface area contributed by atoms with E-state index >= 15 is 0 Å². The maximum atomic E-state index is 12.1. The van der Waals surface area contributed by atoms with Gasteiger partial charge in [0.1, 0.15) is 11.5 Å². The lowest BCUT2D eigenvalue weighted by Gasteiger charge is -2.17. The van der Waals surface area contributed by atoms with Gasteiger partial charge in [-0.2, -0.15) is 11.8 Å². The van der Waals surface area contributed by atoms with E-state index in [1.165, 1.54) is 24.4 Å². The van der Waals surface area contributed by atoms with Gasteiger partial charge in [-0.15, -0.1) is 0 Å². The fourth-order valence-electron chi connectivity index (χ4n) is 4.22. The molecule has 2 aromatic carbocycles. The number of benzene rings is 2. The van der Waals surface area contributed by atoms with E-state index in [4.69, 9.17) is 14.5 Å². The number of carbonyl (C=O) groups excluding carboxylic acids is 1. The molecule has 2 heterocycles. The number of aromatic nitrogens is 3. The van der Waals surface area contributed by atoms with Gasteiger partial charge in [-0.25, -0.2) is 9.97 Å². The number of ether oxygens (including phenoxy) is 2. The first-order valence-corrected chi connectivity index (χ1v) is 13.5. The average Bonchev–Trinajstić information content (AvgIpc) is 3.69. The number of rotatable bonds is 11. The van der Waals surface area contributed by atoms with Crippen molar-refractivity contribution in [1.82, 2.24) is 14.5 Å². The normalized spacial score (nSPS) is 12.8. The zero-order valence-corrected chi connectivity index (χ0v) is 21.7. The van der Waals surface area contributed by atoms with Crippen LogP contribution in [0.3, 0.4) is 0 Å². The molecule has 37 heavy (non-hydrogen) atoms. The van der Waals surface area contributed by atoms with E-state index in [1.807, 2.05) is 12.3 Å². The minimum Gasteiger partial charge on any atom is -0.494 e. The van der Waals surface area contributed by atoms with E-state index in [9.17, 15) is 4.79 Å². The van der Waals surface area contributed by atoms with Gasteiger partial charge < -0.3 is 24.7 Å². The molecule has 2 aromatic heterocycles. The van der Waals surface area contributed by atoms with Gasteiger partial charge in [-0.05, 0) is 43.4 Å². The average molecular weight is 516 g/mol. The Kier molecular flexibility index (Phi) is 7.32. The Morgan fingerprint density at radius 2 is 2.05 bits per heavy atom. The van der Waals surface area contributed by atoms with Crippen LogP contribution in [0, 0.1) is 0 Å². The Morgan fingerprint density at radius 3 is 2.81 bits per heavy atom. The van der Waals surface area contributed by atoms with Gasteiger partial charge in [-0.1, -0.05) is 24.8 Å². The summed E-state index contributed by atoms with van der Waals surface area (Å²) >= 11 is 1.68. The van der Waals surface area contributed by atoms with Gasteiger partial charge in [-0.3, -0.25) is 4.79 Å². The number of anilines is 3. The van der Waals surface area contributed by atoms with Crippen LogP contribution in [-0.2, 0) is 4.79 Å². The molecule has 0 spiro atoms. The molecule has 190 valence electrons. The number of carbonyl (C=O) groups is 1. The van der Waals surface area contributed by atoms with Gasteiger partial charge in [0.15, 0.2) is 0 Å². The fraction of sp³-hybridized carbons (Fsp3) is 0.250. The first-order chi connectivity index (χ1) is 18.1. The van der Waals surface area contributed by atoms with E-state index in [0.717, 1.165) is 22.4 Å². The number of fused-ring (bicyclic) bond motifs is 1. The quantitative estimate of drug-likeness (QED) is 0.186. The third-order valence-electron chi connectivity index (χ3n) is 6.15. The molecular formula is C28H29N5O3S. The number of para-hydroxylation sites is 1. The van der Waals surface area contributed by atoms with Crippen molar-refractivity contribution in [2.75, 3.05) is 36.4 Å². The standard InChI is InChI=1S/C28H29N5O3S/c1-4-27(34)30-23-15-22(25(35-2)16-26(23)36-13-14-37-3)32-28-29-12-11-21(31-28)20-17-33(18-9-10-18)24-8-6-5-7-19(20)24/h4-8,11-12,15-18H,1,9-10,13-14H2,2-3H3,(H,30,34)(H,29,31,32). The molecule has 4 aromatic rings. The molecule has 0 aliphatic heterocycles. The van der Waals surface area contributed by atoms with Crippen molar-refractivity contribution in [3.8, 4) is 22.8 Å². The summed E-state index contributed by atoms with van der Waals surface area (Å²) in [5, 5.41) is 7.24. The highest BCUT2D eigenvalue weighted by atomic mass is 32.2. The summed E-state index contributed by atoms with van der Waals surface area (Å²) in [6, 6.07) is 14.4. The fourth-order valence-corrected chi connectivity index (χ4v) is 4.47. The molecule has 5 rings (SSSR count). The van der Waals surface area contributed by atoms with Crippen LogP contribution in [-0.4, -0.2) is 46.2 Å². The Bertz CT molecular complexity index is 1450. The summed E-state index contributed by atoms with van der Waals surface area (Å²) < 4.78 is 13.9. The molecular weight excluding hydrogens is 486 g/mol. The first kappa shape index (κ1) is 24.7. The predicted molar refractivity (Wildman–Crippen MR) is 150 cm³/mol. The van der Waals surface area contributed by atoms with Crippen LogP contribution in [0.15, 0.2) is 67.5 Å². The second kappa shape index (κ2) is 11.0. The number of thioether (sulfide) groups is 1. The van der Waals surface area contributed by atoms with Gasteiger partial charge in [0.25, 0.3) is 0 Å². The molecule has 1 fully saturated rings. The van der Waals surface area contributed by atoms with Gasteiger partial charge >= 0.3 is 0 Å². The number of hydrogen-bond acceptors (Lipinski definition) is 7. The zero-order chi connectivity index (χ0) is 25.8. The first-order valence-electron chi connectivity index (χ1n) is 12.1. The third-order valence-corrected chi connectivity index (χ3v) is 6.72. The second-order valence-corrected chi connectivity index (χ2v) is 9.66. The van der Waals surface area contributed by atoms with Crippen molar-refractivity contribution >= 4 is 45.9 Å². The molecule has 1 aliphatic rings. The molecule has 2 N–H and O–H groups in total. The highest BCUT2D eigenvalue weighted by molar-refractivity contribution is 7.98. The number of methoxy groups -OCH3 is 1. The second-order valence-electron chi connectivity index (χ2n) is 8.67. The van der Waals surface area contributed by atoms with Gasteiger partial charge in [0, 0.05) is 46.7 Å². The summed E-state index contributed by atoms with van der Waals surface area (Å²) in [6.45, 7) is 4.04. The van der Waals surface area contributed by atoms with Crippen LogP contribution in [0.1, 0.15) is 18.9 Å². The largest absolute Gasteiger partial charge is 0.494 e. The van der Waals surface area contributed by atoms with E-state index < -0.39 is 0 Å². The highest BCUT2D eigenvalue weighted by Crippen LogP contribution is 2.41. The van der Waals surface area contributed by atoms with E-state index in [-0.39, 0.29) is 5.91 Å². The molecule has 0 bridgehead atoms. The molecule has 0 radical (unpaired) electrons. The minimum atomic E-state index is -0.337. The molecule has 1 saturated carbocycles. The summed E-state index contributed by atoms with van der Waals surface area (Å²) in [5.74, 6) is 1.94. The summed E-state index contributed by atoms with van der Waals surface area (Å²) in [6.07, 6.45) is 9.56. The minimum absolute atomic E-state index is 0.337. The Hall–Kier alpha value is -3.98. The van der Waals surface area contributed by atoms with Crippen molar-refractivity contribution in [2.24, 2.45) is 0 Å². The number of amides is 1. The summed E-state index contributed by atoms with van der Waals surface area (Å²) in [7, 11) is 1.58. The lowest BCUT2D eigenvalue weighted by molar-refractivity contribution is -0.111. The smallest absolute Gasteiger partial charge is 0.247 e. The molecule has 1 aliphatic carbocycles. The monoisotopic (exact) mass is 515 g/mol. The maximum Gasteiger partial charge on any atom is 0.247 e. The van der Waals surface area contributed by atoms with Crippen LogP contribution in [0.4, 0.5) is 17.3 Å². The zero-order valence-electron chi connectivity index (χ0n) is 20.9. The maximum absolute atomic E-state index is 12.1. The van der Waals surface area contributed by atoms with Crippen LogP contribution in [0.5, 0.6) is 11.5 Å². The van der Waals surface area contributed by atoms with E-state index in [2.05, 4.69) is 57.2 Å². The van der Waals surface area contributed by atoms with Crippen LogP contribution in [0.2, 0.25) is 0 Å². The lowest BCUT2D eigenvalue weighted by Crippen LogP contribution is -2.11. The number of nitrogens with zero attached hydrogens (tertiary/aromatic N) is 3. The van der Waals surface area contributed by atoms with Gasteiger partial charge in [0.05, 0.1) is 30.8 Å². The molecule has 8 nitrogen and oxygen atoms in total. The van der Waals surface area contributed by atoms with Crippen molar-refractivity contribution < 1.29 is 14.3 Å². The summed E-state index contributed by atoms with van der Waals surface area (Å²) in [5.41, 5.74) is 4.20. The van der Waals surface area contributed by atoms with Crippen molar-refractivity contribution in [2.45, 2.75) is 18.9 Å². The topological polar surface area (TPSA) is 90.3 Å². The Morgan fingerprint density at radius 1 is 1.22 bits per heavy atom. The molecule has 0 atom stereocenters. The van der Waals surface area contributed by atoms with Gasteiger partial charge in [0.2, 0.25) is 11.9 Å². The third kappa shape index (κ3) is 5.41. The van der Waals surface area contributed by atoms with Crippen LogP contribution < -0.4 is 20.1 Å². The van der Waals surface area contributed by atoms with Crippen LogP contribution >= 0.6 is 11.8 Å².